The van der Waals surface area contributed by atoms with E-state index in [1.165, 1.54) is 0 Å². The van der Waals surface area contributed by atoms with Crippen LogP contribution in [-0.2, 0) is 6.54 Å². The van der Waals surface area contributed by atoms with E-state index < -0.39 is 24.2 Å². The predicted molar refractivity (Wildman–Crippen MR) is 48.2 cm³/mol. The third kappa shape index (κ3) is 3.41. The van der Waals surface area contributed by atoms with Crippen LogP contribution in [0.5, 0.6) is 5.75 Å². The Morgan fingerprint density at radius 3 is 2.35 bits per heavy atom. The summed E-state index contributed by atoms with van der Waals surface area (Å²) in [7, 11) is 0. The van der Waals surface area contributed by atoms with Gasteiger partial charge in [0.2, 0.25) is 0 Å². The fraction of sp³-hybridized carbons (Fsp3) is 0.375. The maximum absolute atomic E-state index is 12.5. The van der Waals surface area contributed by atoms with E-state index in [2.05, 4.69) is 9.72 Å². The molecule has 1 aromatic heterocycles. The summed E-state index contributed by atoms with van der Waals surface area (Å²) in [6.07, 6.45) is -8.32. The lowest BCUT2D eigenvalue weighted by Crippen LogP contribution is -2.19. The lowest BCUT2D eigenvalue weighted by Gasteiger charge is -2.14. The minimum Gasteiger partial charge on any atom is -0.404 e. The highest BCUT2D eigenvalue weighted by atomic mass is 19.4. The third-order valence-corrected chi connectivity index (χ3v) is 1.75. The maximum Gasteiger partial charge on any atom is 0.573 e. The third-order valence-electron chi connectivity index (χ3n) is 1.75. The number of anilines is 1. The largest absolute Gasteiger partial charge is 0.573 e. The summed E-state index contributed by atoms with van der Waals surface area (Å²) in [6.45, 7) is -0.266. The summed E-state index contributed by atoms with van der Waals surface area (Å²) in [6, 6.07) is 0.629. The number of nitrogens with two attached hydrogens (primary N) is 2. The monoisotopic (exact) mass is 257 g/mol. The van der Waals surface area contributed by atoms with Crippen molar-refractivity contribution in [2.24, 2.45) is 5.73 Å². The zero-order valence-electron chi connectivity index (χ0n) is 8.26. The van der Waals surface area contributed by atoms with Crippen LogP contribution in [0.3, 0.4) is 0 Å². The van der Waals surface area contributed by atoms with Gasteiger partial charge in [-0.1, -0.05) is 0 Å². The highest BCUT2D eigenvalue weighted by Crippen LogP contribution is 2.33. The Morgan fingerprint density at radius 2 is 1.94 bits per heavy atom. The summed E-state index contributed by atoms with van der Waals surface area (Å²) >= 11 is 0. The number of aromatic nitrogens is 1. The van der Waals surface area contributed by atoms with Gasteiger partial charge < -0.3 is 16.2 Å². The van der Waals surface area contributed by atoms with Gasteiger partial charge in [0.05, 0.1) is 11.4 Å². The molecule has 9 heteroatoms. The number of halogens is 5. The van der Waals surface area contributed by atoms with Gasteiger partial charge in [-0.05, 0) is 0 Å². The first-order chi connectivity index (χ1) is 7.74. The van der Waals surface area contributed by atoms with E-state index in [0.717, 1.165) is 0 Å². The lowest BCUT2D eigenvalue weighted by molar-refractivity contribution is -0.275. The van der Waals surface area contributed by atoms with E-state index in [1.807, 2.05) is 0 Å². The fourth-order valence-electron chi connectivity index (χ4n) is 1.09. The summed E-state index contributed by atoms with van der Waals surface area (Å²) < 4.78 is 64.1. The van der Waals surface area contributed by atoms with Crippen molar-refractivity contribution in [2.75, 3.05) is 5.73 Å². The van der Waals surface area contributed by atoms with Crippen molar-refractivity contribution in [2.45, 2.75) is 19.3 Å². The van der Waals surface area contributed by atoms with Gasteiger partial charge >= 0.3 is 6.36 Å². The summed E-state index contributed by atoms with van der Waals surface area (Å²) in [5.74, 6) is -1.12. The molecule has 1 rings (SSSR count). The summed E-state index contributed by atoms with van der Waals surface area (Å²) in [5, 5.41) is 0. The summed E-state index contributed by atoms with van der Waals surface area (Å²) in [4.78, 5) is 3.25. The number of ether oxygens (including phenoxy) is 1. The van der Waals surface area contributed by atoms with Crippen molar-refractivity contribution < 1.29 is 26.7 Å². The van der Waals surface area contributed by atoms with Crippen LogP contribution in [0, 0.1) is 0 Å². The van der Waals surface area contributed by atoms with Gasteiger partial charge in [-0.2, -0.15) is 0 Å². The smallest absolute Gasteiger partial charge is 0.404 e. The highest BCUT2D eigenvalue weighted by molar-refractivity contribution is 5.50. The molecule has 0 aliphatic rings. The molecule has 0 fully saturated rings. The molecular weight excluding hydrogens is 249 g/mol. The van der Waals surface area contributed by atoms with Crippen molar-refractivity contribution >= 4 is 5.69 Å². The van der Waals surface area contributed by atoms with Crippen molar-refractivity contribution in [3.8, 4) is 5.75 Å². The first-order valence-corrected chi connectivity index (χ1v) is 4.28. The molecule has 96 valence electrons. The normalized spacial score (nSPS) is 11.9. The minimum absolute atomic E-state index is 0.116. The van der Waals surface area contributed by atoms with Crippen LogP contribution in [0.2, 0.25) is 0 Å². The van der Waals surface area contributed by atoms with Gasteiger partial charge in [-0.3, -0.25) is 0 Å². The maximum atomic E-state index is 12.5. The molecular formula is C8H8F5N3O. The number of hydrogen-bond donors (Lipinski definition) is 2. The molecule has 4 nitrogen and oxygen atoms in total. The number of pyridine rings is 1. The number of alkyl halides is 5. The van der Waals surface area contributed by atoms with Gasteiger partial charge in [-0.15, -0.1) is 13.2 Å². The van der Waals surface area contributed by atoms with Gasteiger partial charge in [0, 0.05) is 12.6 Å². The Morgan fingerprint density at radius 1 is 1.35 bits per heavy atom. The molecule has 0 aliphatic heterocycles. The number of nitrogens with zero attached hydrogens (tertiary/aromatic N) is 1. The van der Waals surface area contributed by atoms with Crippen molar-refractivity contribution in [1.29, 1.82) is 0 Å². The average molecular weight is 257 g/mol. The minimum atomic E-state index is -5.10. The molecule has 0 aromatic carbocycles. The summed E-state index contributed by atoms with van der Waals surface area (Å²) in [5.41, 5.74) is 8.93. The number of rotatable bonds is 3. The Balaban J connectivity index is 3.23. The Bertz CT molecular complexity index is 407. The molecule has 0 saturated carbocycles. The van der Waals surface area contributed by atoms with Crippen LogP contribution in [0.25, 0.3) is 0 Å². The molecule has 0 bridgehead atoms. The average Bonchev–Trinajstić information content (AvgIpc) is 2.14. The van der Waals surface area contributed by atoms with Crippen LogP contribution >= 0.6 is 0 Å². The van der Waals surface area contributed by atoms with Crippen LogP contribution in [0.15, 0.2) is 6.07 Å². The molecule has 17 heavy (non-hydrogen) atoms. The highest BCUT2D eigenvalue weighted by Gasteiger charge is 2.34. The Labute approximate surface area is 92.4 Å². The standard InChI is InChI=1S/C8H8F5N3O/c9-7(10)6-5(17-8(11,12)13)1-3(15)4(2-14)16-6/h1,7H,2,14-15H2. The van der Waals surface area contributed by atoms with E-state index in [1.54, 1.807) is 0 Å². The second-order valence-corrected chi connectivity index (χ2v) is 2.96. The molecule has 0 aliphatic carbocycles. The first-order valence-electron chi connectivity index (χ1n) is 4.28. The van der Waals surface area contributed by atoms with Crippen LogP contribution < -0.4 is 16.2 Å². The predicted octanol–water partition coefficient (Wildman–Crippen LogP) is 1.96. The fourth-order valence-corrected chi connectivity index (χ4v) is 1.09. The van der Waals surface area contributed by atoms with Crippen molar-refractivity contribution in [3.05, 3.63) is 17.5 Å². The van der Waals surface area contributed by atoms with E-state index >= 15 is 0 Å². The van der Waals surface area contributed by atoms with Gasteiger partial charge in [0.15, 0.2) is 5.75 Å². The molecule has 0 spiro atoms. The van der Waals surface area contributed by atoms with E-state index in [-0.39, 0.29) is 17.9 Å². The van der Waals surface area contributed by atoms with Gasteiger partial charge in [0.25, 0.3) is 6.43 Å². The number of nitrogen functional groups attached to an aromatic ring is 1. The number of hydrogen-bond acceptors (Lipinski definition) is 4. The quantitative estimate of drug-likeness (QED) is 0.812. The zero-order chi connectivity index (χ0) is 13.2. The zero-order valence-corrected chi connectivity index (χ0v) is 8.26. The van der Waals surface area contributed by atoms with Crippen LogP contribution in [-0.4, -0.2) is 11.3 Å². The lowest BCUT2D eigenvalue weighted by atomic mass is 10.2. The molecule has 0 atom stereocenters. The van der Waals surface area contributed by atoms with Crippen molar-refractivity contribution in [1.82, 2.24) is 4.98 Å². The van der Waals surface area contributed by atoms with E-state index in [9.17, 15) is 22.0 Å². The van der Waals surface area contributed by atoms with Crippen LogP contribution in [0.1, 0.15) is 17.8 Å². The SMILES string of the molecule is NCc1nc(C(F)F)c(OC(F)(F)F)cc1N. The Kier molecular flexibility index (Phi) is 3.71. The molecule has 0 saturated heterocycles. The second kappa shape index (κ2) is 4.70. The Hall–Kier alpha value is -1.64. The first kappa shape index (κ1) is 13.4. The molecule has 1 aromatic rings. The van der Waals surface area contributed by atoms with Crippen molar-refractivity contribution in [3.63, 3.8) is 0 Å². The van der Waals surface area contributed by atoms with E-state index in [0.29, 0.717) is 6.07 Å². The van der Waals surface area contributed by atoms with E-state index in [4.69, 9.17) is 11.5 Å². The topological polar surface area (TPSA) is 74.2 Å². The molecule has 1 heterocycles. The molecule has 0 unspecified atom stereocenters. The van der Waals surface area contributed by atoms with Gasteiger partial charge in [-0.25, -0.2) is 13.8 Å². The molecule has 0 amide bonds. The van der Waals surface area contributed by atoms with Crippen LogP contribution in [0.4, 0.5) is 27.6 Å². The molecule has 4 N–H and O–H groups in total. The van der Waals surface area contributed by atoms with Gasteiger partial charge in [0.1, 0.15) is 5.69 Å². The molecule has 0 radical (unpaired) electrons. The second-order valence-electron chi connectivity index (χ2n) is 2.96.